The zero-order valence-corrected chi connectivity index (χ0v) is 18.6. The third-order valence-electron chi connectivity index (χ3n) is 5.88. The molecule has 164 valence electrons. The number of benzene rings is 3. The van der Waals surface area contributed by atoms with Crippen LogP contribution in [0.3, 0.4) is 0 Å². The van der Waals surface area contributed by atoms with Gasteiger partial charge in [0.25, 0.3) is 5.91 Å². The molecule has 3 aromatic carbocycles. The zero-order chi connectivity index (χ0) is 22.5. The lowest BCUT2D eigenvalue weighted by atomic mass is 9.87. The van der Waals surface area contributed by atoms with E-state index in [0.29, 0.717) is 30.2 Å². The highest BCUT2D eigenvalue weighted by atomic mass is 35.5. The average Bonchev–Trinajstić information content (AvgIpc) is 3.28. The van der Waals surface area contributed by atoms with Gasteiger partial charge >= 0.3 is 0 Å². The second kappa shape index (κ2) is 9.88. The summed E-state index contributed by atoms with van der Waals surface area (Å²) in [5.41, 5.74) is 2.52. The Labute approximate surface area is 193 Å². The van der Waals surface area contributed by atoms with E-state index in [0.717, 1.165) is 16.9 Å². The minimum absolute atomic E-state index is 0.0730. The molecule has 0 aliphatic carbocycles. The highest BCUT2D eigenvalue weighted by Crippen LogP contribution is 2.38. The van der Waals surface area contributed by atoms with Crippen LogP contribution in [-0.4, -0.2) is 36.9 Å². The van der Waals surface area contributed by atoms with Gasteiger partial charge in [0, 0.05) is 36.1 Å². The molecule has 4 rings (SSSR count). The fourth-order valence-corrected chi connectivity index (χ4v) is 4.34. The van der Waals surface area contributed by atoms with E-state index in [4.69, 9.17) is 16.3 Å². The molecule has 5 nitrogen and oxygen atoms in total. The lowest BCUT2D eigenvalue weighted by molar-refractivity contribution is -0.125. The Morgan fingerprint density at radius 1 is 0.969 bits per heavy atom. The molecule has 0 bridgehead atoms. The Hall–Kier alpha value is -3.31. The maximum Gasteiger partial charge on any atom is 0.253 e. The van der Waals surface area contributed by atoms with Crippen LogP contribution in [0.1, 0.15) is 27.4 Å². The molecule has 2 atom stereocenters. The van der Waals surface area contributed by atoms with Crippen molar-refractivity contribution in [3.63, 3.8) is 0 Å². The van der Waals surface area contributed by atoms with E-state index >= 15 is 0 Å². The summed E-state index contributed by atoms with van der Waals surface area (Å²) in [6, 6.07) is 24.3. The molecule has 1 aliphatic heterocycles. The Bertz CT molecular complexity index is 1090. The average molecular weight is 449 g/mol. The molecule has 3 aromatic rings. The molecule has 0 aromatic heterocycles. The summed E-state index contributed by atoms with van der Waals surface area (Å²) in [6.07, 6.45) is 0. The minimum atomic E-state index is -0.383. The monoisotopic (exact) mass is 448 g/mol. The Morgan fingerprint density at radius 2 is 1.66 bits per heavy atom. The number of hydrogen-bond acceptors (Lipinski definition) is 3. The standard InChI is InChI=1S/C26H25ClN2O3/c1-32-24-10-6-5-9-21(24)22-16-29(26(31)19-11-13-20(27)14-12-19)17-23(22)25(30)28-15-18-7-3-2-4-8-18/h2-14,22-23H,15-17H2,1H3,(H,28,30). The Balaban J connectivity index is 1.58. The Morgan fingerprint density at radius 3 is 2.38 bits per heavy atom. The van der Waals surface area contributed by atoms with E-state index in [1.54, 1.807) is 36.3 Å². The van der Waals surface area contributed by atoms with Gasteiger partial charge in [-0.2, -0.15) is 0 Å². The van der Waals surface area contributed by atoms with Crippen LogP contribution in [0.2, 0.25) is 5.02 Å². The van der Waals surface area contributed by atoms with Crippen LogP contribution in [0.25, 0.3) is 0 Å². The maximum absolute atomic E-state index is 13.2. The smallest absolute Gasteiger partial charge is 0.253 e. The van der Waals surface area contributed by atoms with Gasteiger partial charge in [-0.25, -0.2) is 0 Å². The number of amides is 2. The third-order valence-corrected chi connectivity index (χ3v) is 6.13. The molecule has 1 fully saturated rings. The van der Waals surface area contributed by atoms with Crippen LogP contribution >= 0.6 is 11.6 Å². The van der Waals surface area contributed by atoms with Crippen LogP contribution in [0.15, 0.2) is 78.9 Å². The predicted octanol–water partition coefficient (Wildman–Crippen LogP) is 4.52. The fraction of sp³-hybridized carbons (Fsp3) is 0.231. The molecule has 0 spiro atoms. The van der Waals surface area contributed by atoms with Crippen molar-refractivity contribution in [1.29, 1.82) is 0 Å². The van der Waals surface area contributed by atoms with Crippen molar-refractivity contribution in [1.82, 2.24) is 10.2 Å². The molecule has 1 heterocycles. The lowest BCUT2D eigenvalue weighted by Crippen LogP contribution is -2.35. The van der Waals surface area contributed by atoms with Crippen LogP contribution < -0.4 is 10.1 Å². The highest BCUT2D eigenvalue weighted by molar-refractivity contribution is 6.30. The van der Waals surface area contributed by atoms with Gasteiger partial charge < -0.3 is 15.0 Å². The number of para-hydroxylation sites is 1. The largest absolute Gasteiger partial charge is 0.496 e. The van der Waals surface area contributed by atoms with E-state index < -0.39 is 0 Å². The van der Waals surface area contributed by atoms with E-state index in [9.17, 15) is 9.59 Å². The van der Waals surface area contributed by atoms with Crippen LogP contribution in [0, 0.1) is 5.92 Å². The molecule has 0 saturated carbocycles. The number of rotatable bonds is 6. The fourth-order valence-electron chi connectivity index (χ4n) is 4.21. The summed E-state index contributed by atoms with van der Waals surface area (Å²) in [6.45, 7) is 1.22. The second-order valence-electron chi connectivity index (χ2n) is 7.88. The quantitative estimate of drug-likeness (QED) is 0.603. The van der Waals surface area contributed by atoms with Crippen molar-refractivity contribution in [3.8, 4) is 5.75 Å². The number of halogens is 1. The number of hydrogen-bond donors (Lipinski definition) is 1. The van der Waals surface area contributed by atoms with Gasteiger partial charge in [-0.1, -0.05) is 60.1 Å². The summed E-state index contributed by atoms with van der Waals surface area (Å²) >= 11 is 5.97. The third kappa shape index (κ3) is 4.78. The molecule has 1 saturated heterocycles. The predicted molar refractivity (Wildman–Crippen MR) is 125 cm³/mol. The number of carbonyl (C=O) groups excluding carboxylic acids is 2. The Kier molecular flexibility index (Phi) is 6.76. The van der Waals surface area contributed by atoms with E-state index in [1.165, 1.54) is 0 Å². The lowest BCUT2D eigenvalue weighted by Gasteiger charge is -2.20. The number of likely N-dealkylation sites (tertiary alicyclic amines) is 1. The van der Waals surface area contributed by atoms with Gasteiger partial charge in [-0.3, -0.25) is 9.59 Å². The maximum atomic E-state index is 13.2. The normalized spacial score (nSPS) is 17.8. The van der Waals surface area contributed by atoms with Crippen LogP contribution in [-0.2, 0) is 11.3 Å². The molecule has 1 N–H and O–H groups in total. The van der Waals surface area contributed by atoms with Crippen molar-refractivity contribution in [2.45, 2.75) is 12.5 Å². The number of nitrogens with one attached hydrogen (secondary N) is 1. The van der Waals surface area contributed by atoms with Gasteiger partial charge in [0.2, 0.25) is 5.91 Å². The first-order valence-electron chi connectivity index (χ1n) is 10.6. The molecule has 2 unspecified atom stereocenters. The molecule has 0 radical (unpaired) electrons. The minimum Gasteiger partial charge on any atom is -0.496 e. The molecule has 6 heteroatoms. The van der Waals surface area contributed by atoms with Gasteiger partial charge in [-0.05, 0) is 41.5 Å². The number of nitrogens with zero attached hydrogens (tertiary/aromatic N) is 1. The summed E-state index contributed by atoms with van der Waals surface area (Å²) in [5.74, 6) is -0.0142. The molecular weight excluding hydrogens is 424 g/mol. The van der Waals surface area contributed by atoms with E-state index in [1.807, 2.05) is 54.6 Å². The van der Waals surface area contributed by atoms with Crippen molar-refractivity contribution in [2.24, 2.45) is 5.92 Å². The van der Waals surface area contributed by atoms with Crippen molar-refractivity contribution < 1.29 is 14.3 Å². The van der Waals surface area contributed by atoms with Crippen molar-refractivity contribution >= 4 is 23.4 Å². The van der Waals surface area contributed by atoms with E-state index in [2.05, 4.69) is 5.32 Å². The molecule has 32 heavy (non-hydrogen) atoms. The van der Waals surface area contributed by atoms with Gasteiger partial charge in [0.05, 0.1) is 13.0 Å². The first-order chi connectivity index (χ1) is 15.6. The molecular formula is C26H25ClN2O3. The number of carbonyl (C=O) groups is 2. The van der Waals surface area contributed by atoms with Crippen LogP contribution in [0.4, 0.5) is 0 Å². The highest BCUT2D eigenvalue weighted by Gasteiger charge is 2.41. The zero-order valence-electron chi connectivity index (χ0n) is 17.8. The topological polar surface area (TPSA) is 58.6 Å². The number of ether oxygens (including phenoxy) is 1. The van der Waals surface area contributed by atoms with Gasteiger partial charge in [0.1, 0.15) is 5.75 Å². The first kappa shape index (κ1) is 21.9. The van der Waals surface area contributed by atoms with Gasteiger partial charge in [-0.15, -0.1) is 0 Å². The van der Waals surface area contributed by atoms with Crippen molar-refractivity contribution in [3.05, 3.63) is 101 Å². The second-order valence-corrected chi connectivity index (χ2v) is 8.31. The number of methoxy groups -OCH3 is 1. The van der Waals surface area contributed by atoms with Crippen LogP contribution in [0.5, 0.6) is 5.75 Å². The summed E-state index contributed by atoms with van der Waals surface area (Å²) in [4.78, 5) is 28.1. The summed E-state index contributed by atoms with van der Waals surface area (Å²) < 4.78 is 5.56. The van der Waals surface area contributed by atoms with E-state index in [-0.39, 0.29) is 23.7 Å². The first-order valence-corrected chi connectivity index (χ1v) is 10.9. The molecule has 1 aliphatic rings. The SMILES string of the molecule is COc1ccccc1C1CN(C(=O)c2ccc(Cl)cc2)CC1C(=O)NCc1ccccc1. The summed E-state index contributed by atoms with van der Waals surface area (Å²) in [7, 11) is 1.62. The summed E-state index contributed by atoms with van der Waals surface area (Å²) in [5, 5.41) is 3.63. The van der Waals surface area contributed by atoms with Crippen molar-refractivity contribution in [2.75, 3.05) is 20.2 Å². The van der Waals surface area contributed by atoms with Gasteiger partial charge in [0.15, 0.2) is 0 Å². The molecule has 2 amide bonds.